The number of piperidine rings is 1. The minimum atomic E-state index is -3.36. The van der Waals surface area contributed by atoms with Gasteiger partial charge in [-0.25, -0.2) is 13.1 Å². The number of sulfonamides is 1. The Morgan fingerprint density at radius 2 is 1.86 bits per heavy atom. The van der Waals surface area contributed by atoms with Crippen molar-refractivity contribution in [3.63, 3.8) is 0 Å². The third kappa shape index (κ3) is 5.09. The molecule has 1 heterocycles. The van der Waals surface area contributed by atoms with Crippen LogP contribution in [0.2, 0.25) is 0 Å². The predicted molar refractivity (Wildman–Crippen MR) is 85.8 cm³/mol. The molecule has 2 N–H and O–H groups in total. The highest BCUT2D eigenvalue weighted by Gasteiger charge is 2.16. The summed E-state index contributed by atoms with van der Waals surface area (Å²) in [6.07, 6.45) is 5.28. The maximum atomic E-state index is 12.2. The van der Waals surface area contributed by atoms with E-state index < -0.39 is 10.0 Å². The lowest BCUT2D eigenvalue weighted by molar-refractivity contribution is 0.354. The zero-order chi connectivity index (χ0) is 15.1. The molecule has 1 saturated heterocycles. The molecule has 1 aliphatic rings. The molecule has 1 aromatic carbocycles. The van der Waals surface area contributed by atoms with E-state index in [0.717, 1.165) is 45.2 Å². The van der Waals surface area contributed by atoms with Crippen molar-refractivity contribution in [3.8, 4) is 0 Å². The number of rotatable bonds is 7. The minimum Gasteiger partial charge on any atom is -0.317 e. The van der Waals surface area contributed by atoms with Gasteiger partial charge in [0.15, 0.2) is 0 Å². The van der Waals surface area contributed by atoms with Gasteiger partial charge in [0.2, 0.25) is 10.0 Å². The van der Waals surface area contributed by atoms with Crippen LogP contribution in [0.3, 0.4) is 0 Å². The fraction of sp³-hybridized carbons (Fsp3) is 0.625. The van der Waals surface area contributed by atoms with E-state index in [1.165, 1.54) is 5.56 Å². The molecule has 0 aromatic heterocycles. The van der Waals surface area contributed by atoms with Gasteiger partial charge in [0.1, 0.15) is 0 Å². The number of hydrogen-bond acceptors (Lipinski definition) is 3. The van der Waals surface area contributed by atoms with E-state index in [1.54, 1.807) is 12.1 Å². The van der Waals surface area contributed by atoms with E-state index in [1.807, 2.05) is 12.1 Å². The monoisotopic (exact) mass is 310 g/mol. The van der Waals surface area contributed by atoms with Crippen LogP contribution in [0, 0.1) is 5.92 Å². The number of hydrogen-bond donors (Lipinski definition) is 2. The maximum absolute atomic E-state index is 12.2. The summed E-state index contributed by atoms with van der Waals surface area (Å²) in [5, 5.41) is 3.32. The molecule has 0 radical (unpaired) electrons. The van der Waals surface area contributed by atoms with Crippen molar-refractivity contribution in [2.24, 2.45) is 5.92 Å². The average molecular weight is 310 g/mol. The van der Waals surface area contributed by atoms with Crippen LogP contribution in [0.4, 0.5) is 0 Å². The van der Waals surface area contributed by atoms with Crippen LogP contribution < -0.4 is 10.0 Å². The number of benzene rings is 1. The van der Waals surface area contributed by atoms with Gasteiger partial charge in [-0.15, -0.1) is 0 Å². The van der Waals surface area contributed by atoms with Crippen LogP contribution in [0.5, 0.6) is 0 Å². The van der Waals surface area contributed by atoms with E-state index in [0.29, 0.717) is 17.4 Å². The SMILES string of the molecule is CCCc1ccc(S(=O)(=O)NCCC2CCNCC2)cc1. The fourth-order valence-electron chi connectivity index (χ4n) is 2.78. The lowest BCUT2D eigenvalue weighted by Crippen LogP contribution is -2.31. The first kappa shape index (κ1) is 16.5. The molecule has 0 unspecified atom stereocenters. The van der Waals surface area contributed by atoms with E-state index in [-0.39, 0.29) is 0 Å². The molecule has 1 aromatic rings. The van der Waals surface area contributed by atoms with Crippen LogP contribution in [0.1, 0.15) is 38.2 Å². The normalized spacial score (nSPS) is 17.0. The smallest absolute Gasteiger partial charge is 0.240 e. The standard InChI is InChI=1S/C16H26N2O2S/c1-2-3-14-4-6-16(7-5-14)21(19,20)18-13-10-15-8-11-17-12-9-15/h4-7,15,17-18H,2-3,8-13H2,1H3. The number of nitrogens with one attached hydrogen (secondary N) is 2. The lowest BCUT2D eigenvalue weighted by atomic mass is 9.95. The summed E-state index contributed by atoms with van der Waals surface area (Å²) in [7, 11) is -3.36. The second-order valence-corrected chi connectivity index (χ2v) is 7.54. The molecule has 0 bridgehead atoms. The summed E-state index contributed by atoms with van der Waals surface area (Å²) in [5.41, 5.74) is 1.19. The molecule has 0 spiro atoms. The van der Waals surface area contributed by atoms with Crippen molar-refractivity contribution in [1.29, 1.82) is 0 Å². The summed E-state index contributed by atoms with van der Waals surface area (Å²) in [4.78, 5) is 0.368. The van der Waals surface area contributed by atoms with Crippen LogP contribution in [0.15, 0.2) is 29.2 Å². The predicted octanol–water partition coefficient (Wildman–Crippen LogP) is 2.31. The summed E-state index contributed by atoms with van der Waals surface area (Å²) in [6, 6.07) is 7.23. The van der Waals surface area contributed by atoms with Crippen molar-refractivity contribution in [2.45, 2.75) is 43.9 Å². The molecule has 0 saturated carbocycles. The highest BCUT2D eigenvalue weighted by molar-refractivity contribution is 7.89. The second-order valence-electron chi connectivity index (χ2n) is 5.77. The van der Waals surface area contributed by atoms with Gasteiger partial charge >= 0.3 is 0 Å². The van der Waals surface area contributed by atoms with Gasteiger partial charge in [0, 0.05) is 6.54 Å². The Labute approximate surface area is 128 Å². The van der Waals surface area contributed by atoms with Gasteiger partial charge < -0.3 is 5.32 Å². The van der Waals surface area contributed by atoms with Gasteiger partial charge in [0.05, 0.1) is 4.90 Å². The van der Waals surface area contributed by atoms with Gasteiger partial charge in [-0.1, -0.05) is 25.5 Å². The molecule has 1 fully saturated rings. The van der Waals surface area contributed by atoms with E-state index >= 15 is 0 Å². The highest BCUT2D eigenvalue weighted by atomic mass is 32.2. The first-order chi connectivity index (χ1) is 10.1. The highest BCUT2D eigenvalue weighted by Crippen LogP contribution is 2.16. The summed E-state index contributed by atoms with van der Waals surface area (Å²) >= 11 is 0. The lowest BCUT2D eigenvalue weighted by Gasteiger charge is -2.22. The Kier molecular flexibility index (Phi) is 6.21. The molecular weight excluding hydrogens is 284 g/mol. The fourth-order valence-corrected chi connectivity index (χ4v) is 3.82. The molecule has 21 heavy (non-hydrogen) atoms. The molecule has 0 atom stereocenters. The largest absolute Gasteiger partial charge is 0.317 e. The van der Waals surface area contributed by atoms with Crippen molar-refractivity contribution in [3.05, 3.63) is 29.8 Å². The van der Waals surface area contributed by atoms with Crippen molar-refractivity contribution >= 4 is 10.0 Å². The molecule has 1 aliphatic heterocycles. The zero-order valence-corrected chi connectivity index (χ0v) is 13.6. The Morgan fingerprint density at radius 1 is 1.19 bits per heavy atom. The first-order valence-corrected chi connectivity index (χ1v) is 9.39. The van der Waals surface area contributed by atoms with Crippen LogP contribution in [-0.2, 0) is 16.4 Å². The maximum Gasteiger partial charge on any atom is 0.240 e. The van der Waals surface area contributed by atoms with Crippen molar-refractivity contribution in [2.75, 3.05) is 19.6 Å². The molecule has 5 heteroatoms. The molecule has 2 rings (SSSR count). The Morgan fingerprint density at radius 3 is 2.48 bits per heavy atom. The van der Waals surface area contributed by atoms with Crippen LogP contribution >= 0.6 is 0 Å². The topological polar surface area (TPSA) is 58.2 Å². The zero-order valence-electron chi connectivity index (χ0n) is 12.8. The molecule has 4 nitrogen and oxygen atoms in total. The second kappa shape index (κ2) is 7.92. The Hall–Kier alpha value is -0.910. The molecular formula is C16H26N2O2S. The molecule has 0 aliphatic carbocycles. The average Bonchev–Trinajstić information content (AvgIpc) is 2.49. The third-order valence-corrected chi connectivity index (χ3v) is 5.55. The number of aryl methyl sites for hydroxylation is 1. The van der Waals surface area contributed by atoms with E-state index in [9.17, 15) is 8.42 Å². The molecule has 118 valence electrons. The van der Waals surface area contributed by atoms with E-state index in [4.69, 9.17) is 0 Å². The first-order valence-electron chi connectivity index (χ1n) is 7.91. The summed E-state index contributed by atoms with van der Waals surface area (Å²) < 4.78 is 27.2. The van der Waals surface area contributed by atoms with Crippen LogP contribution in [-0.4, -0.2) is 28.1 Å². The Balaban J connectivity index is 1.85. The van der Waals surface area contributed by atoms with Gasteiger partial charge in [-0.2, -0.15) is 0 Å². The third-order valence-electron chi connectivity index (χ3n) is 4.08. The van der Waals surface area contributed by atoms with Gasteiger partial charge in [-0.05, 0) is 62.4 Å². The van der Waals surface area contributed by atoms with Crippen molar-refractivity contribution in [1.82, 2.24) is 10.0 Å². The summed E-state index contributed by atoms with van der Waals surface area (Å²) in [5.74, 6) is 0.640. The van der Waals surface area contributed by atoms with E-state index in [2.05, 4.69) is 17.0 Å². The van der Waals surface area contributed by atoms with Gasteiger partial charge in [0.25, 0.3) is 0 Å². The van der Waals surface area contributed by atoms with Crippen LogP contribution in [0.25, 0.3) is 0 Å². The van der Waals surface area contributed by atoms with Gasteiger partial charge in [-0.3, -0.25) is 0 Å². The molecule has 0 amide bonds. The Bertz CT molecular complexity index is 520. The quantitative estimate of drug-likeness (QED) is 0.812. The minimum absolute atomic E-state index is 0.368. The summed E-state index contributed by atoms with van der Waals surface area (Å²) in [6.45, 7) is 4.75. The van der Waals surface area contributed by atoms with Crippen molar-refractivity contribution < 1.29 is 8.42 Å².